The Labute approximate surface area is 82.7 Å². The summed E-state index contributed by atoms with van der Waals surface area (Å²) in [6, 6.07) is 0.994. The first-order valence-corrected chi connectivity index (χ1v) is 3.65. The van der Waals surface area contributed by atoms with Gasteiger partial charge in [0.05, 0.1) is 10.5 Å². The SMILES string of the molecule is O=CC#Cc1cc([N+](=O)[O-])c(F)cc1F. The van der Waals surface area contributed by atoms with Crippen molar-refractivity contribution in [2.24, 2.45) is 0 Å². The lowest BCUT2D eigenvalue weighted by Gasteiger charge is -1.96. The van der Waals surface area contributed by atoms with E-state index in [9.17, 15) is 23.7 Å². The van der Waals surface area contributed by atoms with Gasteiger partial charge in [0.1, 0.15) is 5.82 Å². The predicted molar refractivity (Wildman–Crippen MR) is 46.0 cm³/mol. The lowest BCUT2D eigenvalue weighted by molar-refractivity contribution is -0.387. The van der Waals surface area contributed by atoms with Gasteiger partial charge < -0.3 is 0 Å². The van der Waals surface area contributed by atoms with Gasteiger partial charge in [-0.15, -0.1) is 0 Å². The van der Waals surface area contributed by atoms with Crippen molar-refractivity contribution in [2.45, 2.75) is 0 Å². The molecule has 1 rings (SSSR count). The summed E-state index contributed by atoms with van der Waals surface area (Å²) in [6.07, 6.45) is 0.203. The second-order valence-corrected chi connectivity index (χ2v) is 2.43. The van der Waals surface area contributed by atoms with Crippen LogP contribution in [0.5, 0.6) is 0 Å². The maximum absolute atomic E-state index is 12.9. The van der Waals surface area contributed by atoms with E-state index in [0.717, 1.165) is 0 Å². The number of halogens is 2. The first kappa shape index (κ1) is 10.8. The summed E-state index contributed by atoms with van der Waals surface area (Å²) in [5.74, 6) is 1.56. The fourth-order valence-corrected chi connectivity index (χ4v) is 0.880. The molecule has 1 aromatic carbocycles. The third kappa shape index (κ3) is 2.34. The van der Waals surface area contributed by atoms with Crippen molar-refractivity contribution in [3.63, 3.8) is 0 Å². The molecule has 0 fully saturated rings. The molecule has 0 radical (unpaired) electrons. The van der Waals surface area contributed by atoms with E-state index in [1.807, 2.05) is 11.8 Å². The van der Waals surface area contributed by atoms with Gasteiger partial charge >= 0.3 is 5.69 Å². The maximum Gasteiger partial charge on any atom is 0.306 e. The van der Waals surface area contributed by atoms with Crippen molar-refractivity contribution in [1.82, 2.24) is 0 Å². The average molecular weight is 211 g/mol. The zero-order valence-electron chi connectivity index (χ0n) is 7.16. The number of nitro groups is 1. The van der Waals surface area contributed by atoms with E-state index >= 15 is 0 Å². The molecule has 0 amide bonds. The molecule has 4 nitrogen and oxygen atoms in total. The minimum absolute atomic E-state index is 0.203. The number of rotatable bonds is 1. The van der Waals surface area contributed by atoms with Crippen LogP contribution in [0.3, 0.4) is 0 Å². The highest BCUT2D eigenvalue weighted by atomic mass is 19.1. The van der Waals surface area contributed by atoms with Crippen molar-refractivity contribution in [3.8, 4) is 11.8 Å². The smallest absolute Gasteiger partial charge is 0.289 e. The van der Waals surface area contributed by atoms with Gasteiger partial charge in [0.15, 0.2) is 6.29 Å². The quantitative estimate of drug-likeness (QED) is 0.305. The van der Waals surface area contributed by atoms with E-state index in [-0.39, 0.29) is 6.29 Å². The van der Waals surface area contributed by atoms with Crippen LogP contribution in [0.25, 0.3) is 0 Å². The molecule has 0 aliphatic heterocycles. The first-order valence-electron chi connectivity index (χ1n) is 3.65. The van der Waals surface area contributed by atoms with E-state index in [4.69, 9.17) is 0 Å². The maximum atomic E-state index is 12.9. The number of nitrogens with zero attached hydrogens (tertiary/aromatic N) is 1. The van der Waals surface area contributed by atoms with E-state index in [1.54, 1.807) is 0 Å². The van der Waals surface area contributed by atoms with Gasteiger partial charge in [0, 0.05) is 12.1 Å². The zero-order valence-corrected chi connectivity index (χ0v) is 7.16. The van der Waals surface area contributed by atoms with E-state index < -0.39 is 27.8 Å². The van der Waals surface area contributed by atoms with Crippen molar-refractivity contribution in [1.29, 1.82) is 0 Å². The molecule has 0 saturated carbocycles. The van der Waals surface area contributed by atoms with Gasteiger partial charge in [0.2, 0.25) is 5.82 Å². The number of nitro benzene ring substituents is 1. The van der Waals surface area contributed by atoms with Crippen molar-refractivity contribution in [3.05, 3.63) is 39.4 Å². The van der Waals surface area contributed by atoms with Crippen molar-refractivity contribution in [2.75, 3.05) is 0 Å². The Morgan fingerprint density at radius 2 is 2.00 bits per heavy atom. The van der Waals surface area contributed by atoms with E-state index in [2.05, 4.69) is 0 Å². The van der Waals surface area contributed by atoms with Crippen LogP contribution in [0.15, 0.2) is 12.1 Å². The third-order valence-electron chi connectivity index (χ3n) is 1.50. The molecule has 15 heavy (non-hydrogen) atoms. The Morgan fingerprint density at radius 1 is 1.33 bits per heavy atom. The van der Waals surface area contributed by atoms with Crippen molar-refractivity contribution < 1.29 is 18.5 Å². The second kappa shape index (κ2) is 4.28. The summed E-state index contributed by atoms with van der Waals surface area (Å²) >= 11 is 0. The predicted octanol–water partition coefficient (Wildman–Crippen LogP) is 1.42. The monoisotopic (exact) mass is 211 g/mol. The molecular weight excluding hydrogens is 208 g/mol. The fraction of sp³-hybridized carbons (Fsp3) is 0. The number of hydrogen-bond acceptors (Lipinski definition) is 3. The molecule has 0 unspecified atom stereocenters. The van der Waals surface area contributed by atoms with Crippen molar-refractivity contribution >= 4 is 12.0 Å². The first-order chi connectivity index (χ1) is 7.06. The lowest BCUT2D eigenvalue weighted by Crippen LogP contribution is -1.96. The Balaban J connectivity index is 3.35. The third-order valence-corrected chi connectivity index (χ3v) is 1.50. The Kier molecular flexibility index (Phi) is 3.08. The van der Waals surface area contributed by atoms with Gasteiger partial charge in [-0.25, -0.2) is 4.39 Å². The van der Waals surface area contributed by atoms with Crippen LogP contribution in [0.2, 0.25) is 0 Å². The molecule has 0 heterocycles. The molecule has 0 saturated heterocycles. The number of aldehydes is 1. The summed E-state index contributed by atoms with van der Waals surface area (Å²) in [5.41, 5.74) is -1.28. The molecule has 6 heteroatoms. The highest BCUT2D eigenvalue weighted by molar-refractivity contribution is 5.74. The van der Waals surface area contributed by atoms with Gasteiger partial charge in [-0.2, -0.15) is 4.39 Å². The molecule has 0 atom stereocenters. The zero-order chi connectivity index (χ0) is 11.4. The van der Waals surface area contributed by atoms with Crippen LogP contribution in [-0.4, -0.2) is 11.2 Å². The highest BCUT2D eigenvalue weighted by Crippen LogP contribution is 2.20. The van der Waals surface area contributed by atoms with Crippen LogP contribution in [0.1, 0.15) is 5.56 Å². The average Bonchev–Trinajstić information content (AvgIpc) is 2.16. The molecule has 0 spiro atoms. The molecular formula is C9H3F2NO3. The lowest BCUT2D eigenvalue weighted by atomic mass is 10.2. The number of carbonyl (C=O) groups is 1. The second-order valence-electron chi connectivity index (χ2n) is 2.43. The van der Waals surface area contributed by atoms with E-state index in [0.29, 0.717) is 12.1 Å². The summed E-state index contributed by atoms with van der Waals surface area (Å²) < 4.78 is 25.7. The highest BCUT2D eigenvalue weighted by Gasteiger charge is 2.17. The molecule has 0 N–H and O–H groups in total. The number of carbonyl (C=O) groups excluding carboxylic acids is 1. The molecule has 76 valence electrons. The molecule has 0 aliphatic rings. The molecule has 0 aliphatic carbocycles. The van der Waals surface area contributed by atoms with Gasteiger partial charge in [-0.05, 0) is 5.92 Å². The molecule has 0 aromatic heterocycles. The topological polar surface area (TPSA) is 60.2 Å². The standard InChI is InChI=1S/C9H3F2NO3/c10-7-5-8(11)9(12(14)15)4-6(7)2-1-3-13/h3-5H. The van der Waals surface area contributed by atoms with Crippen LogP contribution >= 0.6 is 0 Å². The van der Waals surface area contributed by atoms with Gasteiger partial charge in [-0.3, -0.25) is 14.9 Å². The summed E-state index contributed by atoms with van der Waals surface area (Å²) in [5, 5.41) is 10.3. The van der Waals surface area contributed by atoms with Gasteiger partial charge in [0.25, 0.3) is 0 Å². The van der Waals surface area contributed by atoms with Crippen LogP contribution in [-0.2, 0) is 4.79 Å². The Hall–Kier alpha value is -2.29. The summed E-state index contributed by atoms with van der Waals surface area (Å²) in [6.45, 7) is 0. The minimum Gasteiger partial charge on any atom is -0.289 e. The number of benzene rings is 1. The van der Waals surface area contributed by atoms with Crippen LogP contribution < -0.4 is 0 Å². The summed E-state index contributed by atoms with van der Waals surface area (Å²) in [7, 11) is 0. The number of hydrogen-bond donors (Lipinski definition) is 0. The van der Waals surface area contributed by atoms with Crippen LogP contribution in [0.4, 0.5) is 14.5 Å². The Bertz CT molecular complexity index is 488. The normalized spacial score (nSPS) is 8.93. The largest absolute Gasteiger partial charge is 0.306 e. The minimum atomic E-state index is -1.28. The van der Waals surface area contributed by atoms with Crippen LogP contribution in [0, 0.1) is 33.6 Å². The fourth-order valence-electron chi connectivity index (χ4n) is 0.880. The molecule has 1 aromatic rings. The summed E-state index contributed by atoms with van der Waals surface area (Å²) in [4.78, 5) is 19.2. The molecule has 0 bridgehead atoms. The van der Waals surface area contributed by atoms with Gasteiger partial charge in [-0.1, -0.05) is 5.92 Å². The van der Waals surface area contributed by atoms with E-state index in [1.165, 1.54) is 0 Å². The Morgan fingerprint density at radius 3 is 2.53 bits per heavy atom.